The molecule has 0 spiro atoms. The lowest BCUT2D eigenvalue weighted by atomic mass is 9.99. The van der Waals surface area contributed by atoms with Crippen LogP contribution in [0.4, 0.5) is 27.6 Å². The van der Waals surface area contributed by atoms with E-state index in [0.29, 0.717) is 90.7 Å². The van der Waals surface area contributed by atoms with E-state index in [1.165, 1.54) is 12.1 Å². The van der Waals surface area contributed by atoms with E-state index in [4.69, 9.17) is 15.5 Å². The van der Waals surface area contributed by atoms with Crippen LogP contribution >= 0.6 is 0 Å². The fraction of sp³-hybridized carbons (Fsp3) is 0.395. The van der Waals surface area contributed by atoms with Crippen LogP contribution in [-0.2, 0) is 37.3 Å². The molecule has 2 fully saturated rings. The highest BCUT2D eigenvalue weighted by Crippen LogP contribution is 2.35. The van der Waals surface area contributed by atoms with Gasteiger partial charge in [-0.25, -0.2) is 31.6 Å². The molecule has 2 amide bonds. The molecule has 4 N–H and O–H groups in total. The van der Waals surface area contributed by atoms with Gasteiger partial charge in [0, 0.05) is 81.4 Å². The van der Waals surface area contributed by atoms with Gasteiger partial charge in [-0.3, -0.25) is 14.5 Å². The number of aryl methyl sites for hydroxylation is 2. The standard InChI is InChI=1S/C43H47F5N8O3/c1-4-33-31(40(52-28-11-15-59-16-12-28)30-19-51-56(5-2)42(30)53-33)23-55(43(58)35-36(45)34(41(49)57)37(46)39(48)38(35)47)22-26-9-10-32(44)29(18-26)27-8-6-7-25(17-27)21-54-14-13-50-24(3)20-54/h6-10,17-19,24,28,50H,4-5,11-16,20-23H2,1-3H3,(H2,49,57)(H,52,53)/t24-/m0/s1. The molecule has 0 radical (unpaired) electrons. The Labute approximate surface area is 338 Å². The van der Waals surface area contributed by atoms with E-state index in [1.807, 2.05) is 32.0 Å². The maximum atomic E-state index is 16.0. The first-order valence-corrected chi connectivity index (χ1v) is 19.9. The second-order valence-corrected chi connectivity index (χ2v) is 15.1. The summed E-state index contributed by atoms with van der Waals surface area (Å²) in [6, 6.07) is 12.0. The number of nitrogens with zero attached hydrogens (tertiary/aromatic N) is 5. The Morgan fingerprint density at radius 2 is 1.73 bits per heavy atom. The summed E-state index contributed by atoms with van der Waals surface area (Å²) in [4.78, 5) is 35.0. The molecule has 7 rings (SSSR count). The lowest BCUT2D eigenvalue weighted by Gasteiger charge is -2.31. The monoisotopic (exact) mass is 818 g/mol. The Kier molecular flexibility index (Phi) is 12.6. The van der Waals surface area contributed by atoms with Crippen molar-refractivity contribution in [3.8, 4) is 11.1 Å². The predicted octanol–water partition coefficient (Wildman–Crippen LogP) is 6.70. The van der Waals surface area contributed by atoms with Gasteiger partial charge in [0.1, 0.15) is 16.9 Å². The third-order valence-electron chi connectivity index (χ3n) is 11.0. The third kappa shape index (κ3) is 8.66. The smallest absolute Gasteiger partial charge is 0.260 e. The van der Waals surface area contributed by atoms with Crippen molar-refractivity contribution in [2.75, 3.05) is 38.2 Å². The van der Waals surface area contributed by atoms with E-state index < -0.39 is 52.0 Å². The molecule has 1 atom stereocenters. The summed E-state index contributed by atoms with van der Waals surface area (Å²) < 4.78 is 84.4. The Morgan fingerprint density at radius 1 is 0.966 bits per heavy atom. The van der Waals surface area contributed by atoms with E-state index in [1.54, 1.807) is 23.0 Å². The molecule has 5 aromatic rings. The van der Waals surface area contributed by atoms with Gasteiger partial charge in [-0.1, -0.05) is 31.2 Å². The first-order valence-electron chi connectivity index (χ1n) is 19.9. The van der Waals surface area contributed by atoms with E-state index >= 15 is 17.6 Å². The van der Waals surface area contributed by atoms with Gasteiger partial charge in [-0.05, 0) is 68.0 Å². The number of primary amides is 1. The summed E-state index contributed by atoms with van der Waals surface area (Å²) in [7, 11) is 0. The predicted molar refractivity (Wildman–Crippen MR) is 213 cm³/mol. The number of halogens is 5. The third-order valence-corrected chi connectivity index (χ3v) is 11.0. The van der Waals surface area contributed by atoms with Crippen molar-refractivity contribution < 1.29 is 36.3 Å². The number of ether oxygens (including phenoxy) is 1. The molecule has 2 aliphatic rings. The molecule has 2 aromatic heterocycles. The zero-order valence-corrected chi connectivity index (χ0v) is 33.2. The van der Waals surface area contributed by atoms with Gasteiger partial charge in [-0.15, -0.1) is 0 Å². The number of aromatic nitrogens is 3. The van der Waals surface area contributed by atoms with Crippen LogP contribution in [0.1, 0.15) is 76.7 Å². The maximum absolute atomic E-state index is 16.0. The molecular formula is C43H47F5N8O3. The van der Waals surface area contributed by atoms with Crippen molar-refractivity contribution in [1.82, 2.24) is 29.9 Å². The van der Waals surface area contributed by atoms with Crippen molar-refractivity contribution in [1.29, 1.82) is 0 Å². The van der Waals surface area contributed by atoms with Crippen LogP contribution < -0.4 is 16.4 Å². The minimum atomic E-state index is -2.23. The molecule has 0 bridgehead atoms. The lowest BCUT2D eigenvalue weighted by Crippen LogP contribution is -2.48. The van der Waals surface area contributed by atoms with Crippen molar-refractivity contribution >= 4 is 28.5 Å². The highest BCUT2D eigenvalue weighted by atomic mass is 19.2. The number of piperazine rings is 1. The van der Waals surface area contributed by atoms with E-state index in [9.17, 15) is 14.0 Å². The molecule has 0 aliphatic carbocycles. The van der Waals surface area contributed by atoms with Crippen LogP contribution in [0, 0.1) is 29.1 Å². The van der Waals surface area contributed by atoms with Crippen LogP contribution in [0.3, 0.4) is 0 Å². The molecule has 16 heteroatoms. The molecule has 4 heterocycles. The molecular weight excluding hydrogens is 772 g/mol. The Morgan fingerprint density at radius 3 is 2.44 bits per heavy atom. The minimum Gasteiger partial charge on any atom is -0.381 e. The normalized spacial score (nSPS) is 16.4. The van der Waals surface area contributed by atoms with Gasteiger partial charge < -0.3 is 26.0 Å². The van der Waals surface area contributed by atoms with Gasteiger partial charge in [-0.2, -0.15) is 5.10 Å². The fourth-order valence-electron chi connectivity index (χ4n) is 8.03. The average Bonchev–Trinajstić information content (AvgIpc) is 3.64. The second-order valence-electron chi connectivity index (χ2n) is 15.1. The summed E-state index contributed by atoms with van der Waals surface area (Å²) in [6.07, 6.45) is 3.36. The first kappa shape index (κ1) is 41.7. The maximum Gasteiger partial charge on any atom is 0.260 e. The summed E-state index contributed by atoms with van der Waals surface area (Å²) in [5, 5.41) is 12.2. The number of anilines is 1. The molecule has 2 saturated heterocycles. The number of pyridine rings is 1. The van der Waals surface area contributed by atoms with Crippen molar-refractivity contribution in [2.24, 2.45) is 5.73 Å². The van der Waals surface area contributed by atoms with Crippen molar-refractivity contribution in [3.05, 3.63) is 111 Å². The number of amides is 2. The zero-order chi connectivity index (χ0) is 42.0. The van der Waals surface area contributed by atoms with Crippen LogP contribution in [0.25, 0.3) is 22.2 Å². The number of nitrogens with one attached hydrogen (secondary N) is 2. The quantitative estimate of drug-likeness (QED) is 0.0681. The van der Waals surface area contributed by atoms with E-state index in [2.05, 4.69) is 27.6 Å². The Balaban J connectivity index is 1.33. The average molecular weight is 819 g/mol. The number of carbonyl (C=O) groups is 2. The highest BCUT2D eigenvalue weighted by molar-refractivity contribution is 6.00. The Bertz CT molecular complexity index is 2380. The number of carbonyl (C=O) groups excluding carboxylic acids is 2. The Hall–Kier alpha value is -5.45. The van der Waals surface area contributed by atoms with Gasteiger partial charge in [0.05, 0.1) is 23.8 Å². The number of benzene rings is 3. The van der Waals surface area contributed by atoms with Crippen molar-refractivity contribution in [2.45, 2.75) is 78.3 Å². The molecule has 2 aliphatic heterocycles. The number of rotatable bonds is 13. The largest absolute Gasteiger partial charge is 0.381 e. The van der Waals surface area contributed by atoms with Gasteiger partial charge in [0.15, 0.2) is 28.9 Å². The molecule has 312 valence electrons. The van der Waals surface area contributed by atoms with Crippen LogP contribution in [0.5, 0.6) is 0 Å². The molecule has 0 saturated carbocycles. The van der Waals surface area contributed by atoms with Crippen LogP contribution in [0.2, 0.25) is 0 Å². The fourth-order valence-corrected chi connectivity index (χ4v) is 8.03. The number of hydrogen-bond acceptors (Lipinski definition) is 8. The number of fused-ring (bicyclic) bond motifs is 1. The van der Waals surface area contributed by atoms with E-state index in [-0.39, 0.29) is 24.7 Å². The molecule has 11 nitrogen and oxygen atoms in total. The summed E-state index contributed by atoms with van der Waals surface area (Å²) in [5.41, 5.74) is 6.44. The first-order chi connectivity index (χ1) is 28.4. The van der Waals surface area contributed by atoms with Crippen LogP contribution in [0.15, 0.2) is 48.7 Å². The SMILES string of the molecule is CCc1nc2c(cnn2CC)c(NC2CCOCC2)c1CN(Cc1ccc(F)c(-c2cccc(CN3CCN[C@@H](C)C3)c2)c1)C(=O)c1c(F)c(F)c(F)c(C(N)=O)c1F. The number of nitrogens with two attached hydrogens (primary N) is 1. The van der Waals surface area contributed by atoms with Gasteiger partial charge in [0.2, 0.25) is 0 Å². The minimum absolute atomic E-state index is 0.0449. The van der Waals surface area contributed by atoms with Gasteiger partial charge >= 0.3 is 0 Å². The topological polar surface area (TPSA) is 131 Å². The zero-order valence-electron chi connectivity index (χ0n) is 33.2. The second kappa shape index (κ2) is 17.8. The van der Waals surface area contributed by atoms with Gasteiger partial charge in [0.25, 0.3) is 11.8 Å². The molecule has 3 aromatic carbocycles. The number of hydrogen-bond donors (Lipinski definition) is 3. The van der Waals surface area contributed by atoms with E-state index in [0.717, 1.165) is 30.1 Å². The highest BCUT2D eigenvalue weighted by Gasteiger charge is 2.35. The van der Waals surface area contributed by atoms with Crippen LogP contribution in [-0.4, -0.2) is 81.3 Å². The molecule has 0 unspecified atom stereocenters. The van der Waals surface area contributed by atoms with Crippen molar-refractivity contribution in [3.63, 3.8) is 0 Å². The summed E-state index contributed by atoms with van der Waals surface area (Å²) in [5.74, 6) is -12.1. The lowest BCUT2D eigenvalue weighted by molar-refractivity contribution is 0.0717. The molecule has 59 heavy (non-hydrogen) atoms. The summed E-state index contributed by atoms with van der Waals surface area (Å²) >= 11 is 0. The summed E-state index contributed by atoms with van der Waals surface area (Å²) in [6.45, 7) is 9.96.